The molecule has 8 heteroatoms. The molecule has 1 amide bonds. The Morgan fingerprint density at radius 2 is 2.17 bits per heavy atom. The monoisotopic (exact) mass is 331 g/mol. The van der Waals surface area contributed by atoms with E-state index in [4.69, 9.17) is 14.7 Å². The van der Waals surface area contributed by atoms with E-state index in [0.717, 1.165) is 5.56 Å². The number of rotatable bonds is 7. The molecule has 0 bridgehead atoms. The van der Waals surface area contributed by atoms with E-state index in [1.54, 1.807) is 18.2 Å². The van der Waals surface area contributed by atoms with Crippen LogP contribution in [0.4, 0.5) is 0 Å². The van der Waals surface area contributed by atoms with E-state index in [2.05, 4.69) is 15.4 Å². The molecule has 0 saturated heterocycles. The van der Waals surface area contributed by atoms with Crippen LogP contribution in [0.2, 0.25) is 0 Å². The van der Waals surface area contributed by atoms with Crippen molar-refractivity contribution >= 4 is 11.9 Å². The molecule has 0 saturated carbocycles. The molecule has 1 aliphatic rings. The highest BCUT2D eigenvalue weighted by molar-refractivity contribution is 5.97. The van der Waals surface area contributed by atoms with E-state index < -0.39 is 5.91 Å². The summed E-state index contributed by atoms with van der Waals surface area (Å²) >= 11 is 0. The number of methoxy groups -OCH3 is 1. The van der Waals surface area contributed by atoms with Gasteiger partial charge in [0.25, 0.3) is 5.91 Å². The number of amides is 1. The Labute approximate surface area is 139 Å². The minimum atomic E-state index is -0.513. The van der Waals surface area contributed by atoms with Crippen molar-refractivity contribution in [2.45, 2.75) is 13.0 Å². The van der Waals surface area contributed by atoms with Gasteiger partial charge in [0.05, 0.1) is 13.5 Å². The first-order chi connectivity index (χ1) is 11.6. The summed E-state index contributed by atoms with van der Waals surface area (Å²) in [4.78, 5) is 22.9. The summed E-state index contributed by atoms with van der Waals surface area (Å²) in [5, 5.41) is 14.4. The van der Waals surface area contributed by atoms with Gasteiger partial charge in [0, 0.05) is 19.3 Å². The van der Waals surface area contributed by atoms with Crippen molar-refractivity contribution in [3.8, 4) is 17.6 Å². The largest absolute Gasteiger partial charge is 0.469 e. The fourth-order valence-electron chi connectivity index (χ4n) is 1.93. The van der Waals surface area contributed by atoms with Gasteiger partial charge in [-0.25, -0.2) is 0 Å². The first kappa shape index (κ1) is 17.1. The third-order valence-corrected chi connectivity index (χ3v) is 3.20. The number of nitriles is 1. The lowest BCUT2D eigenvalue weighted by atomic mass is 10.2. The second-order valence-electron chi connectivity index (χ2n) is 4.82. The number of carbonyl (C=O) groups excluding carboxylic acids is 2. The molecule has 0 aliphatic carbocycles. The maximum absolute atomic E-state index is 12.0. The molecule has 1 aromatic rings. The maximum Gasteiger partial charge on any atom is 0.307 e. The fourth-order valence-corrected chi connectivity index (χ4v) is 1.93. The van der Waals surface area contributed by atoms with E-state index in [0.29, 0.717) is 11.5 Å². The smallest absolute Gasteiger partial charge is 0.307 e. The fraction of sp³-hybridized carbons (Fsp3) is 0.312. The molecule has 2 rings (SSSR count). The molecule has 2 N–H and O–H groups in total. The Morgan fingerprint density at radius 1 is 1.38 bits per heavy atom. The molecule has 126 valence electrons. The van der Waals surface area contributed by atoms with Gasteiger partial charge in [0.15, 0.2) is 11.5 Å². The Morgan fingerprint density at radius 3 is 2.92 bits per heavy atom. The van der Waals surface area contributed by atoms with Crippen LogP contribution in [-0.4, -0.2) is 32.3 Å². The summed E-state index contributed by atoms with van der Waals surface area (Å²) in [6, 6.07) is 7.15. The highest BCUT2D eigenvalue weighted by Gasteiger charge is 2.14. The summed E-state index contributed by atoms with van der Waals surface area (Å²) in [6.45, 7) is 0.702. The number of carbonyl (C=O) groups is 2. The molecule has 8 nitrogen and oxygen atoms in total. The van der Waals surface area contributed by atoms with Crippen LogP contribution in [0.1, 0.15) is 12.0 Å². The summed E-state index contributed by atoms with van der Waals surface area (Å²) < 4.78 is 15.0. The second kappa shape index (κ2) is 8.43. The van der Waals surface area contributed by atoms with E-state index in [9.17, 15) is 9.59 Å². The van der Waals surface area contributed by atoms with Crippen LogP contribution >= 0.6 is 0 Å². The number of ether oxygens (including phenoxy) is 3. The predicted molar refractivity (Wildman–Crippen MR) is 82.7 cm³/mol. The van der Waals surface area contributed by atoms with Gasteiger partial charge in [-0.1, -0.05) is 6.07 Å². The molecule has 0 aromatic heterocycles. The Kier molecular flexibility index (Phi) is 6.02. The van der Waals surface area contributed by atoms with Crippen molar-refractivity contribution in [3.63, 3.8) is 0 Å². The SMILES string of the molecule is COC(=O)CCN/C=C(/C#N)C(=O)NCc1ccc2c(c1)OCO2. The average Bonchev–Trinajstić information content (AvgIpc) is 3.07. The van der Waals surface area contributed by atoms with Gasteiger partial charge < -0.3 is 24.8 Å². The van der Waals surface area contributed by atoms with Crippen molar-refractivity contribution in [1.29, 1.82) is 5.26 Å². The molecule has 1 aromatic carbocycles. The quantitative estimate of drug-likeness (QED) is 0.326. The van der Waals surface area contributed by atoms with Gasteiger partial charge in [-0.3, -0.25) is 9.59 Å². The van der Waals surface area contributed by atoms with Crippen molar-refractivity contribution < 1.29 is 23.8 Å². The summed E-state index contributed by atoms with van der Waals surface area (Å²) in [7, 11) is 1.29. The van der Waals surface area contributed by atoms with E-state index in [1.165, 1.54) is 13.3 Å². The molecule has 0 fully saturated rings. The molecule has 0 unspecified atom stereocenters. The summed E-state index contributed by atoms with van der Waals surface area (Å²) in [6.07, 6.45) is 1.42. The van der Waals surface area contributed by atoms with Crippen molar-refractivity contribution in [3.05, 3.63) is 35.5 Å². The van der Waals surface area contributed by atoms with Crippen molar-refractivity contribution in [1.82, 2.24) is 10.6 Å². The summed E-state index contributed by atoms with van der Waals surface area (Å²) in [5.74, 6) is 0.405. The molecule has 24 heavy (non-hydrogen) atoms. The lowest BCUT2D eigenvalue weighted by molar-refractivity contribution is -0.140. The Balaban J connectivity index is 1.83. The molecule has 0 radical (unpaired) electrons. The third kappa shape index (κ3) is 4.64. The number of hydrogen-bond donors (Lipinski definition) is 2. The lowest BCUT2D eigenvalue weighted by Crippen LogP contribution is -2.25. The van der Waals surface area contributed by atoms with Gasteiger partial charge in [-0.2, -0.15) is 5.26 Å². The van der Waals surface area contributed by atoms with Crippen LogP contribution in [0.15, 0.2) is 30.0 Å². The topological polar surface area (TPSA) is 110 Å². The third-order valence-electron chi connectivity index (χ3n) is 3.20. The van der Waals surface area contributed by atoms with Crippen LogP contribution < -0.4 is 20.1 Å². The molecule has 1 aliphatic heterocycles. The standard InChI is InChI=1S/C16H17N3O5/c1-22-15(20)4-5-18-9-12(7-17)16(21)19-8-11-2-3-13-14(6-11)24-10-23-13/h2-3,6,9,18H,4-5,8,10H2,1H3,(H,19,21)/b12-9-. The first-order valence-corrected chi connectivity index (χ1v) is 7.21. The number of nitrogens with one attached hydrogen (secondary N) is 2. The van der Waals surface area contributed by atoms with Crippen LogP contribution in [0.3, 0.4) is 0 Å². The zero-order valence-electron chi connectivity index (χ0n) is 13.1. The zero-order chi connectivity index (χ0) is 17.4. The van der Waals surface area contributed by atoms with Gasteiger partial charge in [0.2, 0.25) is 6.79 Å². The second-order valence-corrected chi connectivity index (χ2v) is 4.82. The molecule has 0 spiro atoms. The number of hydrogen-bond acceptors (Lipinski definition) is 7. The van der Waals surface area contributed by atoms with Gasteiger partial charge >= 0.3 is 5.97 Å². The van der Waals surface area contributed by atoms with Crippen molar-refractivity contribution in [2.24, 2.45) is 0 Å². The Hall–Kier alpha value is -3.21. The van der Waals surface area contributed by atoms with Crippen LogP contribution in [0, 0.1) is 11.3 Å². The van der Waals surface area contributed by atoms with E-state index in [-0.39, 0.29) is 37.8 Å². The number of benzene rings is 1. The van der Waals surface area contributed by atoms with E-state index >= 15 is 0 Å². The highest BCUT2D eigenvalue weighted by atomic mass is 16.7. The Bertz CT molecular complexity index is 693. The van der Waals surface area contributed by atoms with Gasteiger partial charge in [-0.15, -0.1) is 0 Å². The number of esters is 1. The van der Waals surface area contributed by atoms with Crippen LogP contribution in [0.5, 0.6) is 11.5 Å². The minimum absolute atomic E-state index is 0.0828. The lowest BCUT2D eigenvalue weighted by Gasteiger charge is -2.06. The van der Waals surface area contributed by atoms with Gasteiger partial charge in [-0.05, 0) is 17.7 Å². The normalized spacial score (nSPS) is 12.2. The van der Waals surface area contributed by atoms with Crippen LogP contribution in [0.25, 0.3) is 0 Å². The number of fused-ring (bicyclic) bond motifs is 1. The van der Waals surface area contributed by atoms with E-state index in [1.807, 2.05) is 6.07 Å². The summed E-state index contributed by atoms with van der Waals surface area (Å²) in [5.41, 5.74) is 0.740. The predicted octanol–water partition coefficient (Wildman–Crippen LogP) is 0.592. The highest BCUT2D eigenvalue weighted by Crippen LogP contribution is 2.32. The van der Waals surface area contributed by atoms with Crippen LogP contribution in [-0.2, 0) is 20.9 Å². The molecular formula is C16H17N3O5. The molecule has 1 heterocycles. The zero-order valence-corrected chi connectivity index (χ0v) is 13.1. The van der Waals surface area contributed by atoms with Crippen molar-refractivity contribution in [2.75, 3.05) is 20.4 Å². The maximum atomic E-state index is 12.0. The average molecular weight is 331 g/mol. The number of nitrogens with zero attached hydrogens (tertiary/aromatic N) is 1. The minimum Gasteiger partial charge on any atom is -0.469 e. The molecular weight excluding hydrogens is 314 g/mol. The van der Waals surface area contributed by atoms with Gasteiger partial charge in [0.1, 0.15) is 11.6 Å². The first-order valence-electron chi connectivity index (χ1n) is 7.21. The molecule has 0 atom stereocenters.